The van der Waals surface area contributed by atoms with Crippen molar-refractivity contribution in [3.8, 4) is 0 Å². The van der Waals surface area contributed by atoms with Gasteiger partial charge >= 0.3 is 0 Å². The molecule has 0 fully saturated rings. The third-order valence-corrected chi connectivity index (χ3v) is 3.15. The van der Waals surface area contributed by atoms with E-state index in [2.05, 4.69) is 45.1 Å². The van der Waals surface area contributed by atoms with Crippen LogP contribution in [0.2, 0.25) is 0 Å². The summed E-state index contributed by atoms with van der Waals surface area (Å²) in [5, 5.41) is 7.58. The lowest BCUT2D eigenvalue weighted by Gasteiger charge is -2.25. The highest BCUT2D eigenvalue weighted by molar-refractivity contribution is 5.89. The van der Waals surface area contributed by atoms with Gasteiger partial charge in [0.1, 0.15) is 0 Å². The molecule has 0 saturated carbocycles. The topological polar surface area (TPSA) is 23.9 Å². The van der Waals surface area contributed by atoms with E-state index >= 15 is 0 Å². The SMILES string of the molecule is CC(C)(C)c1cccc(C=N)c1C1=CC=CC1. The Morgan fingerprint density at radius 2 is 2.00 bits per heavy atom. The number of nitrogens with one attached hydrogen (secondary N) is 1. The van der Waals surface area contributed by atoms with E-state index in [1.807, 2.05) is 12.1 Å². The van der Waals surface area contributed by atoms with Crippen LogP contribution in [0.5, 0.6) is 0 Å². The molecule has 0 saturated heterocycles. The van der Waals surface area contributed by atoms with E-state index < -0.39 is 0 Å². The van der Waals surface area contributed by atoms with Crippen molar-refractivity contribution in [2.45, 2.75) is 32.6 Å². The minimum atomic E-state index is 0.109. The van der Waals surface area contributed by atoms with Gasteiger partial charge in [-0.25, -0.2) is 0 Å². The Bertz CT molecular complexity index is 499. The third-order valence-electron chi connectivity index (χ3n) is 3.15. The fraction of sp³-hybridized carbons (Fsp3) is 0.312. The lowest BCUT2D eigenvalue weighted by atomic mass is 9.80. The summed E-state index contributed by atoms with van der Waals surface area (Å²) in [5.74, 6) is 0. The number of hydrogen-bond acceptors (Lipinski definition) is 1. The molecule has 0 amide bonds. The van der Waals surface area contributed by atoms with Gasteiger partial charge in [0.2, 0.25) is 0 Å². The summed E-state index contributed by atoms with van der Waals surface area (Å²) in [5.41, 5.74) is 5.03. The fourth-order valence-corrected chi connectivity index (χ4v) is 2.31. The quantitative estimate of drug-likeness (QED) is 0.725. The molecule has 1 nitrogen and oxygen atoms in total. The second kappa shape index (κ2) is 4.33. The smallest absolute Gasteiger partial charge is 0.0256 e. The zero-order chi connectivity index (χ0) is 12.5. The van der Waals surface area contributed by atoms with E-state index in [0.717, 1.165) is 12.0 Å². The largest absolute Gasteiger partial charge is 0.308 e. The summed E-state index contributed by atoms with van der Waals surface area (Å²) in [7, 11) is 0. The molecule has 0 bridgehead atoms. The van der Waals surface area contributed by atoms with Crippen molar-refractivity contribution in [3.63, 3.8) is 0 Å². The van der Waals surface area contributed by atoms with Crippen LogP contribution in [0.1, 0.15) is 43.9 Å². The molecule has 0 aliphatic heterocycles. The van der Waals surface area contributed by atoms with Gasteiger partial charge in [-0.2, -0.15) is 0 Å². The van der Waals surface area contributed by atoms with E-state index in [-0.39, 0.29) is 5.41 Å². The number of rotatable bonds is 2. The summed E-state index contributed by atoms with van der Waals surface area (Å²) < 4.78 is 0. The van der Waals surface area contributed by atoms with Crippen molar-refractivity contribution in [1.29, 1.82) is 5.41 Å². The van der Waals surface area contributed by atoms with E-state index in [9.17, 15) is 0 Å². The molecule has 0 heterocycles. The van der Waals surface area contributed by atoms with Crippen LogP contribution in [-0.4, -0.2) is 6.21 Å². The summed E-state index contributed by atoms with van der Waals surface area (Å²) in [4.78, 5) is 0. The highest BCUT2D eigenvalue weighted by atomic mass is 14.3. The maximum atomic E-state index is 7.58. The van der Waals surface area contributed by atoms with Gasteiger partial charge in [0, 0.05) is 6.21 Å². The maximum Gasteiger partial charge on any atom is 0.0256 e. The first-order chi connectivity index (χ1) is 8.04. The first-order valence-electron chi connectivity index (χ1n) is 6.04. The fourth-order valence-electron chi connectivity index (χ4n) is 2.31. The average molecular weight is 225 g/mol. The highest BCUT2D eigenvalue weighted by Crippen LogP contribution is 2.35. The van der Waals surface area contributed by atoms with Gasteiger partial charge < -0.3 is 5.41 Å². The lowest BCUT2D eigenvalue weighted by Crippen LogP contribution is -2.15. The Morgan fingerprint density at radius 1 is 1.24 bits per heavy atom. The molecule has 0 atom stereocenters. The van der Waals surface area contributed by atoms with Gasteiger partial charge in [0.15, 0.2) is 0 Å². The van der Waals surface area contributed by atoms with E-state index in [0.29, 0.717) is 0 Å². The van der Waals surface area contributed by atoms with Gasteiger partial charge in [-0.15, -0.1) is 0 Å². The van der Waals surface area contributed by atoms with Crippen LogP contribution >= 0.6 is 0 Å². The average Bonchev–Trinajstić information content (AvgIpc) is 2.80. The van der Waals surface area contributed by atoms with Crippen molar-refractivity contribution >= 4 is 11.8 Å². The molecule has 1 aliphatic rings. The van der Waals surface area contributed by atoms with E-state index in [1.165, 1.54) is 22.9 Å². The van der Waals surface area contributed by atoms with Crippen LogP contribution in [0.15, 0.2) is 36.4 Å². The van der Waals surface area contributed by atoms with Gasteiger partial charge in [0.25, 0.3) is 0 Å². The standard InChI is InChI=1S/C16H19N/c1-16(2,3)14-10-6-9-13(11-17)15(14)12-7-4-5-8-12/h4-7,9-11,17H,8H2,1-3H3. The predicted molar refractivity (Wildman–Crippen MR) is 74.8 cm³/mol. The van der Waals surface area contributed by atoms with Crippen molar-refractivity contribution in [1.82, 2.24) is 0 Å². The van der Waals surface area contributed by atoms with E-state index in [1.54, 1.807) is 0 Å². The van der Waals surface area contributed by atoms with Crippen LogP contribution in [-0.2, 0) is 5.41 Å². The second-order valence-electron chi connectivity index (χ2n) is 5.49. The molecular formula is C16H19N. The van der Waals surface area contributed by atoms with Gasteiger partial charge in [-0.05, 0) is 34.1 Å². The molecule has 1 aromatic rings. The summed E-state index contributed by atoms with van der Waals surface area (Å²) in [6.45, 7) is 6.67. The Hall–Kier alpha value is -1.63. The molecule has 0 spiro atoms. The first-order valence-corrected chi connectivity index (χ1v) is 6.04. The van der Waals surface area contributed by atoms with Crippen LogP contribution in [0.25, 0.3) is 5.57 Å². The van der Waals surface area contributed by atoms with E-state index in [4.69, 9.17) is 5.41 Å². The molecule has 1 heteroatoms. The first kappa shape index (κ1) is 11.8. The summed E-state index contributed by atoms with van der Waals surface area (Å²) in [6.07, 6.45) is 8.88. The van der Waals surface area contributed by atoms with Crippen molar-refractivity contribution in [3.05, 3.63) is 53.1 Å². The Morgan fingerprint density at radius 3 is 2.53 bits per heavy atom. The molecule has 2 rings (SSSR count). The van der Waals surface area contributed by atoms with Crippen LogP contribution in [0, 0.1) is 5.41 Å². The van der Waals surface area contributed by atoms with Crippen LogP contribution in [0.3, 0.4) is 0 Å². The number of benzene rings is 1. The second-order valence-corrected chi connectivity index (χ2v) is 5.49. The molecule has 1 aliphatic carbocycles. The molecule has 0 radical (unpaired) electrons. The van der Waals surface area contributed by atoms with Crippen LogP contribution < -0.4 is 0 Å². The minimum Gasteiger partial charge on any atom is -0.308 e. The predicted octanol–water partition coefficient (Wildman–Crippen LogP) is 4.33. The molecular weight excluding hydrogens is 206 g/mol. The molecule has 1 N–H and O–H groups in total. The number of hydrogen-bond donors (Lipinski definition) is 1. The van der Waals surface area contributed by atoms with Gasteiger partial charge in [-0.3, -0.25) is 0 Å². The minimum absolute atomic E-state index is 0.109. The molecule has 1 aromatic carbocycles. The summed E-state index contributed by atoms with van der Waals surface area (Å²) in [6, 6.07) is 6.26. The van der Waals surface area contributed by atoms with Crippen molar-refractivity contribution in [2.24, 2.45) is 0 Å². The maximum absolute atomic E-state index is 7.58. The molecule has 17 heavy (non-hydrogen) atoms. The lowest BCUT2D eigenvalue weighted by molar-refractivity contribution is 0.588. The van der Waals surface area contributed by atoms with Gasteiger partial charge in [-0.1, -0.05) is 57.2 Å². The Labute approximate surface area is 103 Å². The molecule has 0 unspecified atom stereocenters. The normalized spacial score (nSPS) is 14.9. The number of allylic oxidation sites excluding steroid dienone is 4. The van der Waals surface area contributed by atoms with Gasteiger partial charge in [0.05, 0.1) is 0 Å². The molecule has 88 valence electrons. The Balaban J connectivity index is 2.64. The van der Waals surface area contributed by atoms with Crippen molar-refractivity contribution in [2.75, 3.05) is 0 Å². The summed E-state index contributed by atoms with van der Waals surface area (Å²) >= 11 is 0. The zero-order valence-electron chi connectivity index (χ0n) is 10.7. The van der Waals surface area contributed by atoms with Crippen molar-refractivity contribution < 1.29 is 0 Å². The van der Waals surface area contributed by atoms with Crippen LogP contribution in [0.4, 0.5) is 0 Å². The highest BCUT2D eigenvalue weighted by Gasteiger charge is 2.21. The Kier molecular flexibility index (Phi) is 3.01. The monoisotopic (exact) mass is 225 g/mol. The zero-order valence-corrected chi connectivity index (χ0v) is 10.7. The third kappa shape index (κ3) is 2.23. The molecule has 0 aromatic heterocycles.